The van der Waals surface area contributed by atoms with Gasteiger partial charge in [0.15, 0.2) is 0 Å². The van der Waals surface area contributed by atoms with Crippen molar-refractivity contribution in [2.75, 3.05) is 5.73 Å². The van der Waals surface area contributed by atoms with Crippen LogP contribution in [-0.4, -0.2) is 25.7 Å². The van der Waals surface area contributed by atoms with Gasteiger partial charge in [-0.05, 0) is 36.3 Å². The predicted molar refractivity (Wildman–Crippen MR) is 83.3 cm³/mol. The molecule has 0 bridgehead atoms. The van der Waals surface area contributed by atoms with Crippen molar-refractivity contribution in [3.05, 3.63) is 41.0 Å². The van der Waals surface area contributed by atoms with Gasteiger partial charge in [0, 0.05) is 11.1 Å². The zero-order chi connectivity index (χ0) is 14.4. The number of fused-ring (bicyclic) bond motifs is 1. The van der Waals surface area contributed by atoms with Crippen molar-refractivity contribution < 1.29 is 5.11 Å². The molecule has 1 unspecified atom stereocenters. The maximum atomic E-state index is 10.5. The van der Waals surface area contributed by atoms with Crippen LogP contribution in [0.2, 0.25) is 0 Å². The summed E-state index contributed by atoms with van der Waals surface area (Å²) in [5, 5.41) is 13.4. The molecule has 0 saturated heterocycles. The Kier molecular flexibility index (Phi) is 2.94. The fourth-order valence-corrected chi connectivity index (χ4v) is 4.16. The Morgan fingerprint density at radius 1 is 1.29 bits per heavy atom. The summed E-state index contributed by atoms with van der Waals surface area (Å²) in [6.07, 6.45) is 4.80. The molecule has 3 heterocycles. The van der Waals surface area contributed by atoms with Crippen LogP contribution in [0.1, 0.15) is 29.7 Å². The highest BCUT2D eigenvalue weighted by Crippen LogP contribution is 2.43. The van der Waals surface area contributed by atoms with Gasteiger partial charge in [-0.1, -0.05) is 6.07 Å². The average Bonchev–Trinajstić information content (AvgIpc) is 3.17. The minimum atomic E-state index is -0.358. The zero-order valence-corrected chi connectivity index (χ0v) is 12.2. The van der Waals surface area contributed by atoms with E-state index in [9.17, 15) is 5.11 Å². The van der Waals surface area contributed by atoms with Gasteiger partial charge in [-0.2, -0.15) is 0 Å². The summed E-state index contributed by atoms with van der Waals surface area (Å²) in [6, 6.07) is 6.19. The van der Waals surface area contributed by atoms with Crippen LogP contribution >= 0.6 is 11.3 Å². The van der Waals surface area contributed by atoms with Crippen LogP contribution in [0.5, 0.6) is 0 Å². The number of thiophene rings is 1. The number of rotatable bonds is 2. The zero-order valence-electron chi connectivity index (χ0n) is 11.4. The number of aliphatic hydroxyl groups is 1. The SMILES string of the molecule is Nc1ncnc2c1ccn2C1C[C@H](c2cccs2)C[C@H]1O. The van der Waals surface area contributed by atoms with Crippen molar-refractivity contribution in [2.24, 2.45) is 0 Å². The molecular weight excluding hydrogens is 284 g/mol. The summed E-state index contributed by atoms with van der Waals surface area (Å²) in [5.74, 6) is 0.905. The Hall–Kier alpha value is -1.92. The number of nitrogens with two attached hydrogens (primary N) is 1. The van der Waals surface area contributed by atoms with E-state index in [0.29, 0.717) is 11.7 Å². The minimum absolute atomic E-state index is 0.0453. The van der Waals surface area contributed by atoms with E-state index in [1.807, 2.05) is 16.8 Å². The minimum Gasteiger partial charge on any atom is -0.391 e. The fraction of sp³-hybridized carbons (Fsp3) is 0.333. The first-order valence-corrected chi connectivity index (χ1v) is 7.90. The number of nitrogen functional groups attached to an aromatic ring is 1. The molecule has 4 rings (SSSR count). The van der Waals surface area contributed by atoms with Gasteiger partial charge in [-0.25, -0.2) is 9.97 Å². The van der Waals surface area contributed by atoms with E-state index in [0.717, 1.165) is 23.9 Å². The molecule has 3 aromatic rings. The van der Waals surface area contributed by atoms with Crippen molar-refractivity contribution in [1.29, 1.82) is 0 Å². The molecule has 3 atom stereocenters. The van der Waals surface area contributed by atoms with Crippen LogP contribution in [0.4, 0.5) is 5.82 Å². The first-order valence-electron chi connectivity index (χ1n) is 7.02. The summed E-state index contributed by atoms with van der Waals surface area (Å²) in [7, 11) is 0. The van der Waals surface area contributed by atoms with Gasteiger partial charge in [-0.15, -0.1) is 11.3 Å². The van der Waals surface area contributed by atoms with E-state index in [2.05, 4.69) is 27.5 Å². The first-order chi connectivity index (χ1) is 10.2. The number of aliphatic hydroxyl groups excluding tert-OH is 1. The van der Waals surface area contributed by atoms with Gasteiger partial charge < -0.3 is 15.4 Å². The molecule has 0 amide bonds. The smallest absolute Gasteiger partial charge is 0.145 e. The van der Waals surface area contributed by atoms with Crippen molar-refractivity contribution in [2.45, 2.75) is 30.9 Å². The molecule has 1 aliphatic carbocycles. The van der Waals surface area contributed by atoms with Gasteiger partial charge in [-0.3, -0.25) is 0 Å². The van der Waals surface area contributed by atoms with Crippen LogP contribution < -0.4 is 5.73 Å². The van der Waals surface area contributed by atoms with E-state index >= 15 is 0 Å². The summed E-state index contributed by atoms with van der Waals surface area (Å²) >= 11 is 1.76. The molecule has 1 fully saturated rings. The Bertz CT molecular complexity index is 767. The predicted octanol–water partition coefficient (Wildman–Crippen LogP) is 2.55. The summed E-state index contributed by atoms with van der Waals surface area (Å²) in [5.41, 5.74) is 6.69. The normalized spacial score (nSPS) is 25.7. The molecule has 21 heavy (non-hydrogen) atoms. The van der Waals surface area contributed by atoms with Gasteiger partial charge >= 0.3 is 0 Å². The third-order valence-electron chi connectivity index (χ3n) is 4.34. The Morgan fingerprint density at radius 2 is 2.19 bits per heavy atom. The van der Waals surface area contributed by atoms with Crippen molar-refractivity contribution >= 4 is 28.2 Å². The molecule has 5 nitrogen and oxygen atoms in total. The standard InChI is InChI=1S/C15H16N4OS/c16-14-10-3-4-19(15(10)18-8-17-14)11-6-9(7-12(11)20)13-2-1-5-21-13/h1-5,8-9,11-12,20H,6-7H2,(H2,16,17,18)/t9-,11?,12+/m0/s1. The van der Waals surface area contributed by atoms with Crippen molar-refractivity contribution in [3.63, 3.8) is 0 Å². The third kappa shape index (κ3) is 2.02. The third-order valence-corrected chi connectivity index (χ3v) is 5.37. The molecule has 0 aliphatic heterocycles. The van der Waals surface area contributed by atoms with E-state index in [1.165, 1.54) is 11.2 Å². The summed E-state index contributed by atoms with van der Waals surface area (Å²) in [4.78, 5) is 9.70. The molecule has 3 N–H and O–H groups in total. The molecule has 6 heteroatoms. The number of nitrogens with zero attached hydrogens (tertiary/aromatic N) is 3. The van der Waals surface area contributed by atoms with Crippen LogP contribution in [0.15, 0.2) is 36.1 Å². The van der Waals surface area contributed by atoms with Crippen molar-refractivity contribution in [3.8, 4) is 0 Å². The second kappa shape index (κ2) is 4.82. The van der Waals surface area contributed by atoms with Gasteiger partial charge in [0.25, 0.3) is 0 Å². The summed E-state index contributed by atoms with van der Waals surface area (Å²) in [6.45, 7) is 0. The molecule has 0 aromatic carbocycles. The lowest BCUT2D eigenvalue weighted by Gasteiger charge is -2.17. The van der Waals surface area contributed by atoms with Crippen molar-refractivity contribution in [1.82, 2.24) is 14.5 Å². The number of hydrogen-bond donors (Lipinski definition) is 2. The lowest BCUT2D eigenvalue weighted by Crippen LogP contribution is -2.17. The Morgan fingerprint density at radius 3 is 3.00 bits per heavy atom. The fourth-order valence-electron chi connectivity index (χ4n) is 3.31. The molecule has 108 valence electrons. The first kappa shape index (κ1) is 12.8. The lowest BCUT2D eigenvalue weighted by atomic mass is 10.1. The highest BCUT2D eigenvalue weighted by molar-refractivity contribution is 7.10. The summed E-state index contributed by atoms with van der Waals surface area (Å²) < 4.78 is 2.05. The van der Waals surface area contributed by atoms with E-state index < -0.39 is 0 Å². The van der Waals surface area contributed by atoms with Crippen LogP contribution in [0, 0.1) is 0 Å². The second-order valence-electron chi connectivity index (χ2n) is 5.54. The molecule has 3 aromatic heterocycles. The highest BCUT2D eigenvalue weighted by atomic mass is 32.1. The van der Waals surface area contributed by atoms with E-state index in [4.69, 9.17) is 5.73 Å². The Balaban J connectivity index is 1.71. The maximum Gasteiger partial charge on any atom is 0.145 e. The molecule has 1 saturated carbocycles. The van der Waals surface area contributed by atoms with Gasteiger partial charge in [0.05, 0.1) is 17.5 Å². The lowest BCUT2D eigenvalue weighted by molar-refractivity contribution is 0.137. The van der Waals surface area contributed by atoms with Crippen LogP contribution in [0.25, 0.3) is 11.0 Å². The highest BCUT2D eigenvalue weighted by Gasteiger charge is 2.36. The van der Waals surface area contributed by atoms with Crippen LogP contribution in [-0.2, 0) is 0 Å². The van der Waals surface area contributed by atoms with E-state index in [-0.39, 0.29) is 12.1 Å². The second-order valence-corrected chi connectivity index (χ2v) is 6.52. The monoisotopic (exact) mass is 300 g/mol. The van der Waals surface area contributed by atoms with E-state index in [1.54, 1.807) is 11.3 Å². The average molecular weight is 300 g/mol. The molecular formula is C15H16N4OS. The quantitative estimate of drug-likeness (QED) is 0.762. The number of hydrogen-bond acceptors (Lipinski definition) is 5. The van der Waals surface area contributed by atoms with Crippen LogP contribution in [0.3, 0.4) is 0 Å². The van der Waals surface area contributed by atoms with Gasteiger partial charge in [0.1, 0.15) is 17.8 Å². The largest absolute Gasteiger partial charge is 0.391 e. The molecule has 1 aliphatic rings. The maximum absolute atomic E-state index is 10.5. The topological polar surface area (TPSA) is 77.0 Å². The van der Waals surface area contributed by atoms with Gasteiger partial charge in [0.2, 0.25) is 0 Å². The Labute approximate surface area is 126 Å². The number of aromatic nitrogens is 3. The molecule has 0 spiro atoms. The molecule has 0 radical (unpaired) electrons. The number of anilines is 1.